The Hall–Kier alpha value is -2.79. The molecule has 170 valence electrons. The van der Waals surface area contributed by atoms with Crippen molar-refractivity contribution in [1.29, 1.82) is 0 Å². The van der Waals surface area contributed by atoms with Crippen LogP contribution in [0.1, 0.15) is 19.3 Å². The summed E-state index contributed by atoms with van der Waals surface area (Å²) in [4.78, 5) is 39.6. The molecule has 0 spiro atoms. The fourth-order valence-corrected chi connectivity index (χ4v) is 3.72. The van der Waals surface area contributed by atoms with Crippen LogP contribution in [0.15, 0.2) is 18.2 Å². The van der Waals surface area contributed by atoms with E-state index >= 15 is 0 Å². The van der Waals surface area contributed by atoms with E-state index in [9.17, 15) is 23.2 Å². The zero-order valence-corrected chi connectivity index (χ0v) is 17.2. The molecule has 1 atom stereocenters. The number of rotatable bonds is 9. The minimum atomic E-state index is -3.13. The molecule has 1 saturated carbocycles. The van der Waals surface area contributed by atoms with Gasteiger partial charge in [0.1, 0.15) is 6.61 Å². The van der Waals surface area contributed by atoms with Crippen molar-refractivity contribution in [1.82, 2.24) is 4.90 Å². The molecule has 9 nitrogen and oxygen atoms in total. The maximum atomic E-state index is 13.0. The van der Waals surface area contributed by atoms with E-state index in [1.165, 1.54) is 23.1 Å². The summed E-state index contributed by atoms with van der Waals surface area (Å²) in [5.74, 6) is -1.74. The lowest BCUT2D eigenvalue weighted by Gasteiger charge is -2.33. The molecule has 3 amide bonds. The number of nitrogens with two attached hydrogens (primary N) is 1. The third-order valence-corrected chi connectivity index (χ3v) is 5.45. The molecule has 1 aliphatic carbocycles. The van der Waals surface area contributed by atoms with Crippen LogP contribution < -0.4 is 20.7 Å². The van der Waals surface area contributed by atoms with Crippen LogP contribution in [0.25, 0.3) is 0 Å². The van der Waals surface area contributed by atoms with Crippen LogP contribution in [-0.4, -0.2) is 68.6 Å². The molecule has 2 aliphatic rings. The molecule has 1 aliphatic heterocycles. The normalized spacial score (nSPS) is 18.1. The number of alkyl halides is 2. The lowest BCUT2D eigenvalue weighted by atomic mass is 9.85. The first-order valence-corrected chi connectivity index (χ1v) is 10.0. The van der Waals surface area contributed by atoms with Crippen LogP contribution in [0.5, 0.6) is 5.75 Å². The van der Waals surface area contributed by atoms with E-state index in [1.54, 1.807) is 11.9 Å². The Kier molecular flexibility index (Phi) is 7.39. The second-order valence-corrected chi connectivity index (χ2v) is 7.69. The number of likely N-dealkylation sites (N-methyl/N-ethyl adjacent to an activating group) is 1. The molecule has 2 fully saturated rings. The first-order chi connectivity index (χ1) is 14.8. The summed E-state index contributed by atoms with van der Waals surface area (Å²) < 4.78 is 35.5. The van der Waals surface area contributed by atoms with Crippen LogP contribution in [0.4, 0.5) is 20.2 Å². The van der Waals surface area contributed by atoms with E-state index in [0.717, 1.165) is 19.3 Å². The van der Waals surface area contributed by atoms with Gasteiger partial charge in [-0.15, -0.1) is 0 Å². The topological polar surface area (TPSA) is 114 Å². The molecule has 11 heteroatoms. The van der Waals surface area contributed by atoms with Crippen LogP contribution >= 0.6 is 0 Å². The number of ether oxygens (including phenoxy) is 2. The van der Waals surface area contributed by atoms with Crippen molar-refractivity contribution in [2.24, 2.45) is 11.7 Å². The van der Waals surface area contributed by atoms with Crippen molar-refractivity contribution < 1.29 is 32.6 Å². The summed E-state index contributed by atoms with van der Waals surface area (Å²) in [6.45, 7) is -2.31. The first kappa shape index (κ1) is 22.9. The highest BCUT2D eigenvalue weighted by Crippen LogP contribution is 2.34. The third-order valence-electron chi connectivity index (χ3n) is 5.45. The molecule has 3 rings (SSSR count). The summed E-state index contributed by atoms with van der Waals surface area (Å²) in [5, 5.41) is 2.53. The number of benzene rings is 1. The van der Waals surface area contributed by atoms with Crippen molar-refractivity contribution in [2.45, 2.75) is 31.9 Å². The highest BCUT2D eigenvalue weighted by atomic mass is 19.3. The maximum absolute atomic E-state index is 13.0. The molecule has 1 aromatic rings. The van der Waals surface area contributed by atoms with E-state index in [-0.39, 0.29) is 36.9 Å². The van der Waals surface area contributed by atoms with Gasteiger partial charge in [-0.05, 0) is 37.9 Å². The molecular formula is C20H26F2N4O5. The van der Waals surface area contributed by atoms with Crippen LogP contribution in [0.3, 0.4) is 0 Å². The minimum absolute atomic E-state index is 0.133. The lowest BCUT2D eigenvalue weighted by Crippen LogP contribution is -2.52. The number of nitrogens with zero attached hydrogens (tertiary/aromatic N) is 2. The first-order valence-electron chi connectivity index (χ1n) is 10.0. The van der Waals surface area contributed by atoms with Gasteiger partial charge in [0, 0.05) is 24.8 Å². The number of hydrogen-bond acceptors (Lipinski definition) is 6. The number of hydrogen-bond donors (Lipinski definition) is 2. The average molecular weight is 440 g/mol. The zero-order chi connectivity index (χ0) is 22.5. The summed E-state index contributed by atoms with van der Waals surface area (Å²) in [6, 6.07) is 2.82. The second-order valence-electron chi connectivity index (χ2n) is 7.69. The highest BCUT2D eigenvalue weighted by molar-refractivity contribution is 6.09. The third kappa shape index (κ3) is 5.67. The number of morpholine rings is 1. The van der Waals surface area contributed by atoms with E-state index in [0.29, 0.717) is 12.5 Å². The number of halogens is 2. The summed E-state index contributed by atoms with van der Waals surface area (Å²) >= 11 is 0. The van der Waals surface area contributed by atoms with E-state index in [2.05, 4.69) is 10.1 Å². The van der Waals surface area contributed by atoms with Crippen molar-refractivity contribution in [3.05, 3.63) is 18.2 Å². The molecule has 1 saturated heterocycles. The van der Waals surface area contributed by atoms with Crippen LogP contribution in [0, 0.1) is 5.92 Å². The van der Waals surface area contributed by atoms with E-state index < -0.39 is 30.4 Å². The molecule has 1 heterocycles. The minimum Gasteiger partial charge on any atom is -0.433 e. The fourth-order valence-electron chi connectivity index (χ4n) is 3.72. The summed E-state index contributed by atoms with van der Waals surface area (Å²) in [5.41, 5.74) is 5.71. The Morgan fingerprint density at radius 3 is 2.71 bits per heavy atom. The predicted molar refractivity (Wildman–Crippen MR) is 108 cm³/mol. The van der Waals surface area contributed by atoms with E-state index in [4.69, 9.17) is 10.5 Å². The second kappa shape index (κ2) is 10.0. The molecule has 0 unspecified atom stereocenters. The zero-order valence-electron chi connectivity index (χ0n) is 17.2. The fraction of sp³-hybridized carbons (Fsp3) is 0.550. The molecule has 0 aromatic heterocycles. The standard InChI is InChI=1S/C20H26F2N4O5/c1-25(10-12-3-2-4-12)17(18(23)28)19(29)24-13-5-6-14(15(9-13)31-20(21)22)26-7-8-30-11-16(26)27/h5-6,9,12,17,20H,2-4,7-8,10-11H2,1H3,(H2,23,28)(H,24,29)/t17-/m1/s1. The average Bonchev–Trinajstić information content (AvgIpc) is 2.65. The smallest absolute Gasteiger partial charge is 0.387 e. The molecular weight excluding hydrogens is 414 g/mol. The van der Waals surface area contributed by atoms with Gasteiger partial charge < -0.3 is 25.4 Å². The molecule has 31 heavy (non-hydrogen) atoms. The van der Waals surface area contributed by atoms with Crippen molar-refractivity contribution in [3.8, 4) is 5.75 Å². The Morgan fingerprint density at radius 2 is 2.13 bits per heavy atom. The van der Waals surface area contributed by atoms with Gasteiger partial charge in [-0.3, -0.25) is 19.3 Å². The SMILES string of the molecule is CN(CC1CCC1)[C@H](C(N)=O)C(=O)Nc1ccc(N2CCOCC2=O)c(OC(F)F)c1. The monoisotopic (exact) mass is 440 g/mol. The number of nitrogens with one attached hydrogen (secondary N) is 1. The van der Waals surface area contributed by atoms with Crippen molar-refractivity contribution >= 4 is 29.1 Å². The van der Waals surface area contributed by atoms with E-state index in [1.807, 2.05) is 0 Å². The molecule has 0 radical (unpaired) electrons. The van der Waals surface area contributed by atoms with Crippen LogP contribution in [0.2, 0.25) is 0 Å². The van der Waals surface area contributed by atoms with Gasteiger partial charge in [-0.25, -0.2) is 0 Å². The number of amides is 3. The number of carbonyl (C=O) groups excluding carboxylic acids is 3. The Morgan fingerprint density at radius 1 is 1.39 bits per heavy atom. The maximum Gasteiger partial charge on any atom is 0.387 e. The van der Waals surface area contributed by atoms with Gasteiger partial charge >= 0.3 is 6.61 Å². The highest BCUT2D eigenvalue weighted by Gasteiger charge is 2.32. The van der Waals surface area contributed by atoms with Gasteiger partial charge in [-0.1, -0.05) is 6.42 Å². The largest absolute Gasteiger partial charge is 0.433 e. The van der Waals surface area contributed by atoms with Crippen molar-refractivity contribution in [3.63, 3.8) is 0 Å². The number of anilines is 2. The van der Waals surface area contributed by atoms with Gasteiger partial charge in [-0.2, -0.15) is 8.78 Å². The van der Waals surface area contributed by atoms with Gasteiger partial charge in [0.2, 0.25) is 5.91 Å². The predicted octanol–water partition coefficient (Wildman–Crippen LogP) is 1.18. The number of primary amides is 1. The Balaban J connectivity index is 1.78. The molecule has 1 aromatic carbocycles. The van der Waals surface area contributed by atoms with Crippen molar-refractivity contribution in [2.75, 3.05) is 43.6 Å². The van der Waals surface area contributed by atoms with Gasteiger partial charge in [0.25, 0.3) is 11.8 Å². The molecule has 3 N–H and O–H groups in total. The Bertz CT molecular complexity index is 834. The number of carbonyl (C=O) groups is 3. The van der Waals surface area contributed by atoms with Gasteiger partial charge in [0.05, 0.1) is 12.3 Å². The quantitative estimate of drug-likeness (QED) is 0.558. The van der Waals surface area contributed by atoms with Gasteiger partial charge in [0.15, 0.2) is 11.8 Å². The summed E-state index contributed by atoms with van der Waals surface area (Å²) in [7, 11) is 1.64. The summed E-state index contributed by atoms with van der Waals surface area (Å²) in [6.07, 6.45) is 3.19. The van der Waals surface area contributed by atoms with Crippen LogP contribution in [-0.2, 0) is 19.1 Å². The Labute approximate surface area is 178 Å². The lowest BCUT2D eigenvalue weighted by molar-refractivity contribution is -0.132. The molecule has 0 bridgehead atoms.